The van der Waals surface area contributed by atoms with E-state index in [1.807, 2.05) is 6.92 Å². The van der Waals surface area contributed by atoms with Crippen LogP contribution in [0.15, 0.2) is 24.3 Å². The van der Waals surface area contributed by atoms with Gasteiger partial charge in [0, 0.05) is 11.3 Å². The fraction of sp³-hybridized carbons (Fsp3) is 0.400. The van der Waals surface area contributed by atoms with Crippen LogP contribution in [0.5, 0.6) is 0 Å². The van der Waals surface area contributed by atoms with Crippen LogP contribution >= 0.6 is 11.3 Å². The number of aliphatic hydroxyl groups excluding tert-OH is 1. The lowest BCUT2D eigenvalue weighted by atomic mass is 10.0. The largest absolute Gasteiger partial charge is 0.392 e. The normalized spacial score (nSPS) is 12.7. The molecule has 1 atom stereocenters. The van der Waals surface area contributed by atoms with Crippen LogP contribution in [0.4, 0.5) is 0 Å². The third-order valence-corrected chi connectivity index (χ3v) is 4.17. The number of thiazole rings is 1. The van der Waals surface area contributed by atoms with Gasteiger partial charge in [-0.15, -0.1) is 11.3 Å². The van der Waals surface area contributed by atoms with Crippen LogP contribution in [0.3, 0.4) is 0 Å². The van der Waals surface area contributed by atoms with Gasteiger partial charge in [0.25, 0.3) is 0 Å². The van der Waals surface area contributed by atoms with E-state index in [2.05, 4.69) is 43.1 Å². The van der Waals surface area contributed by atoms with Crippen LogP contribution in [0.1, 0.15) is 26.7 Å². The summed E-state index contributed by atoms with van der Waals surface area (Å²) >= 11 is 1.68. The maximum Gasteiger partial charge on any atom is 0.0956 e. The minimum absolute atomic E-state index is 0.349. The predicted molar refractivity (Wildman–Crippen MR) is 76.2 cm³/mol. The number of aromatic nitrogens is 1. The number of hydrogen-bond donors (Lipinski definition) is 1. The highest BCUT2D eigenvalue weighted by Crippen LogP contribution is 2.19. The second-order valence-corrected chi connectivity index (χ2v) is 6.08. The van der Waals surface area contributed by atoms with Crippen LogP contribution in [-0.2, 0) is 12.8 Å². The standard InChI is InChI=1S/C15H19NOS/c1-10-4-6-13(7-5-10)8-14(17)9-15-16-11(2)12(3)18-15/h4-7,14,17H,8-9H2,1-3H3. The molecule has 0 aliphatic heterocycles. The zero-order chi connectivity index (χ0) is 13.1. The Kier molecular flexibility index (Phi) is 4.15. The first-order valence-corrected chi connectivity index (χ1v) is 7.03. The van der Waals surface area contributed by atoms with E-state index in [-0.39, 0.29) is 6.10 Å². The number of aryl methyl sites for hydroxylation is 3. The Balaban J connectivity index is 1.96. The zero-order valence-electron chi connectivity index (χ0n) is 11.1. The summed E-state index contributed by atoms with van der Waals surface area (Å²) in [5.74, 6) is 0. The molecule has 0 radical (unpaired) electrons. The summed E-state index contributed by atoms with van der Waals surface area (Å²) in [4.78, 5) is 5.71. The topological polar surface area (TPSA) is 33.1 Å². The highest BCUT2D eigenvalue weighted by atomic mass is 32.1. The maximum absolute atomic E-state index is 10.1. The molecule has 0 fully saturated rings. The van der Waals surface area contributed by atoms with Crippen LogP contribution in [0.25, 0.3) is 0 Å². The van der Waals surface area contributed by atoms with Gasteiger partial charge in [0.2, 0.25) is 0 Å². The van der Waals surface area contributed by atoms with E-state index in [1.165, 1.54) is 16.0 Å². The van der Waals surface area contributed by atoms with Crippen molar-refractivity contribution in [2.45, 2.75) is 39.7 Å². The van der Waals surface area contributed by atoms with Crippen LogP contribution in [0.2, 0.25) is 0 Å². The molecule has 1 aromatic carbocycles. The smallest absolute Gasteiger partial charge is 0.0956 e. The summed E-state index contributed by atoms with van der Waals surface area (Å²) < 4.78 is 0. The van der Waals surface area contributed by atoms with Crippen molar-refractivity contribution in [2.24, 2.45) is 0 Å². The molecule has 96 valence electrons. The lowest BCUT2D eigenvalue weighted by Crippen LogP contribution is -2.13. The molecule has 2 nitrogen and oxygen atoms in total. The monoisotopic (exact) mass is 261 g/mol. The number of aliphatic hydroxyl groups is 1. The van der Waals surface area contributed by atoms with Gasteiger partial charge in [0.15, 0.2) is 0 Å². The average Bonchev–Trinajstić information content (AvgIpc) is 2.61. The minimum Gasteiger partial charge on any atom is -0.392 e. The van der Waals surface area contributed by atoms with Gasteiger partial charge >= 0.3 is 0 Å². The SMILES string of the molecule is Cc1ccc(CC(O)Cc2nc(C)c(C)s2)cc1. The van der Waals surface area contributed by atoms with Gasteiger partial charge in [-0.25, -0.2) is 4.98 Å². The molecule has 0 aliphatic rings. The second kappa shape index (κ2) is 5.63. The van der Waals surface area contributed by atoms with Crippen molar-refractivity contribution < 1.29 is 5.11 Å². The van der Waals surface area contributed by atoms with Gasteiger partial charge < -0.3 is 5.11 Å². The number of hydrogen-bond acceptors (Lipinski definition) is 3. The Hall–Kier alpha value is -1.19. The van der Waals surface area contributed by atoms with Crippen molar-refractivity contribution >= 4 is 11.3 Å². The van der Waals surface area contributed by atoms with Crippen molar-refractivity contribution in [3.8, 4) is 0 Å². The molecule has 1 unspecified atom stereocenters. The van der Waals surface area contributed by atoms with Crippen LogP contribution in [-0.4, -0.2) is 16.2 Å². The van der Waals surface area contributed by atoms with E-state index in [1.54, 1.807) is 11.3 Å². The lowest BCUT2D eigenvalue weighted by Gasteiger charge is -2.09. The molecule has 3 heteroatoms. The molecule has 18 heavy (non-hydrogen) atoms. The molecule has 2 aromatic rings. The summed E-state index contributed by atoms with van der Waals surface area (Å²) in [5.41, 5.74) is 3.51. The molecular weight excluding hydrogens is 242 g/mol. The summed E-state index contributed by atoms with van der Waals surface area (Å²) in [5, 5.41) is 11.1. The first-order chi connectivity index (χ1) is 8.54. The zero-order valence-corrected chi connectivity index (χ0v) is 11.9. The van der Waals surface area contributed by atoms with Gasteiger partial charge in [0.1, 0.15) is 0 Å². The molecule has 0 saturated carbocycles. The molecule has 1 aromatic heterocycles. The van der Waals surface area contributed by atoms with E-state index in [4.69, 9.17) is 0 Å². The first-order valence-electron chi connectivity index (χ1n) is 6.21. The molecule has 0 amide bonds. The molecule has 0 aliphatic carbocycles. The fourth-order valence-electron chi connectivity index (χ4n) is 1.90. The Morgan fingerprint density at radius 2 is 1.78 bits per heavy atom. The quantitative estimate of drug-likeness (QED) is 0.916. The predicted octanol–water partition coefficient (Wildman–Crippen LogP) is 3.21. The van der Waals surface area contributed by atoms with Crippen molar-refractivity contribution in [1.29, 1.82) is 0 Å². The van der Waals surface area contributed by atoms with Crippen LogP contribution in [0, 0.1) is 20.8 Å². The Morgan fingerprint density at radius 3 is 2.33 bits per heavy atom. The molecule has 0 bridgehead atoms. The van der Waals surface area contributed by atoms with E-state index in [0.717, 1.165) is 10.7 Å². The van der Waals surface area contributed by atoms with Crippen molar-refractivity contribution in [3.63, 3.8) is 0 Å². The molecular formula is C15H19NOS. The summed E-state index contributed by atoms with van der Waals surface area (Å²) in [6.45, 7) is 6.16. The van der Waals surface area contributed by atoms with Crippen molar-refractivity contribution in [3.05, 3.63) is 51.0 Å². The lowest BCUT2D eigenvalue weighted by molar-refractivity contribution is 0.175. The molecule has 1 N–H and O–H groups in total. The van der Waals surface area contributed by atoms with Gasteiger partial charge in [-0.05, 0) is 32.8 Å². The maximum atomic E-state index is 10.1. The number of rotatable bonds is 4. The Labute approximate surface area is 112 Å². The highest BCUT2D eigenvalue weighted by molar-refractivity contribution is 7.11. The Bertz CT molecular complexity index is 496. The van der Waals surface area contributed by atoms with E-state index in [0.29, 0.717) is 12.8 Å². The van der Waals surface area contributed by atoms with Crippen LogP contribution < -0.4 is 0 Å². The number of nitrogens with zero attached hydrogens (tertiary/aromatic N) is 1. The summed E-state index contributed by atoms with van der Waals surface area (Å²) in [6, 6.07) is 8.33. The number of benzene rings is 1. The first kappa shape index (κ1) is 13.2. The average molecular weight is 261 g/mol. The van der Waals surface area contributed by atoms with Gasteiger partial charge in [-0.3, -0.25) is 0 Å². The van der Waals surface area contributed by atoms with Gasteiger partial charge in [-0.1, -0.05) is 29.8 Å². The van der Waals surface area contributed by atoms with Gasteiger partial charge in [0.05, 0.1) is 16.8 Å². The minimum atomic E-state index is -0.349. The third-order valence-electron chi connectivity index (χ3n) is 3.07. The van der Waals surface area contributed by atoms with E-state index in [9.17, 15) is 5.11 Å². The van der Waals surface area contributed by atoms with Crippen molar-refractivity contribution in [1.82, 2.24) is 4.98 Å². The second-order valence-electron chi connectivity index (χ2n) is 4.80. The highest BCUT2D eigenvalue weighted by Gasteiger charge is 2.11. The van der Waals surface area contributed by atoms with Crippen molar-refractivity contribution in [2.75, 3.05) is 0 Å². The molecule has 0 spiro atoms. The molecule has 0 saturated heterocycles. The summed E-state index contributed by atoms with van der Waals surface area (Å²) in [7, 11) is 0. The van der Waals surface area contributed by atoms with E-state index >= 15 is 0 Å². The summed E-state index contributed by atoms with van der Waals surface area (Å²) in [6.07, 6.45) is 0.989. The third kappa shape index (κ3) is 3.40. The fourth-order valence-corrected chi connectivity index (χ4v) is 2.90. The Morgan fingerprint density at radius 1 is 1.11 bits per heavy atom. The van der Waals surface area contributed by atoms with E-state index < -0.39 is 0 Å². The molecule has 1 heterocycles. The van der Waals surface area contributed by atoms with Gasteiger partial charge in [-0.2, -0.15) is 0 Å². The molecule has 2 rings (SSSR count).